The minimum atomic E-state index is 0.899. The van der Waals surface area contributed by atoms with Crippen molar-refractivity contribution in [3.8, 4) is 0 Å². The van der Waals surface area contributed by atoms with E-state index in [0.29, 0.717) is 0 Å². The van der Waals surface area contributed by atoms with Crippen molar-refractivity contribution in [2.75, 3.05) is 24.5 Å². The lowest BCUT2D eigenvalue weighted by molar-refractivity contribution is 0.555. The fraction of sp³-hybridized carbons (Fsp3) is 0.625. The summed E-state index contributed by atoms with van der Waals surface area (Å²) in [5.41, 5.74) is 2.59. The second-order valence-electron chi connectivity index (χ2n) is 5.28. The van der Waals surface area contributed by atoms with Gasteiger partial charge in [0.15, 0.2) is 0 Å². The quantitative estimate of drug-likeness (QED) is 0.888. The van der Waals surface area contributed by atoms with Crippen molar-refractivity contribution >= 4 is 17.3 Å². The molecule has 0 radical (unpaired) electrons. The number of para-hydroxylation sites is 1. The molecule has 1 aliphatic heterocycles. The summed E-state index contributed by atoms with van der Waals surface area (Å²) >= 11 is 6.47. The van der Waals surface area contributed by atoms with Crippen LogP contribution in [-0.4, -0.2) is 19.6 Å². The fourth-order valence-corrected chi connectivity index (χ4v) is 3.10. The van der Waals surface area contributed by atoms with Gasteiger partial charge < -0.3 is 10.2 Å². The highest BCUT2D eigenvalue weighted by Gasteiger charge is 2.15. The van der Waals surface area contributed by atoms with Crippen molar-refractivity contribution in [2.24, 2.45) is 0 Å². The molecule has 2 nitrogen and oxygen atoms in total. The molecule has 1 fully saturated rings. The van der Waals surface area contributed by atoms with Gasteiger partial charge in [0, 0.05) is 19.6 Å². The van der Waals surface area contributed by atoms with Gasteiger partial charge >= 0.3 is 0 Å². The van der Waals surface area contributed by atoms with Gasteiger partial charge in [-0.1, -0.05) is 49.9 Å². The standard InChI is InChI=1S/C16H25ClN2/c1-2-18-13-14-9-8-10-15(17)16(14)19-11-6-4-3-5-7-12-19/h8-10,18H,2-7,11-13H2,1H3. The Bertz CT molecular complexity index is 384. The van der Waals surface area contributed by atoms with Crippen LogP contribution in [0.25, 0.3) is 0 Å². The van der Waals surface area contributed by atoms with Crippen LogP contribution >= 0.6 is 11.6 Å². The minimum absolute atomic E-state index is 0.899. The van der Waals surface area contributed by atoms with Gasteiger partial charge in [-0.25, -0.2) is 0 Å². The van der Waals surface area contributed by atoms with Crippen LogP contribution < -0.4 is 10.2 Å². The van der Waals surface area contributed by atoms with Crippen molar-refractivity contribution in [1.82, 2.24) is 5.32 Å². The van der Waals surface area contributed by atoms with E-state index in [-0.39, 0.29) is 0 Å². The summed E-state index contributed by atoms with van der Waals surface area (Å²) in [5.74, 6) is 0. The first kappa shape index (κ1) is 14.7. The first-order chi connectivity index (χ1) is 9.33. The molecule has 0 spiro atoms. The Morgan fingerprint density at radius 3 is 2.47 bits per heavy atom. The van der Waals surface area contributed by atoms with Gasteiger partial charge in [-0.2, -0.15) is 0 Å². The normalized spacial score (nSPS) is 17.1. The molecular formula is C16H25ClN2. The number of nitrogens with zero attached hydrogens (tertiary/aromatic N) is 1. The molecule has 1 aromatic carbocycles. The molecule has 0 saturated carbocycles. The van der Waals surface area contributed by atoms with Crippen LogP contribution in [-0.2, 0) is 6.54 Å². The molecule has 0 unspecified atom stereocenters. The number of nitrogens with one attached hydrogen (secondary N) is 1. The third-order valence-electron chi connectivity index (χ3n) is 3.81. The molecule has 0 aliphatic carbocycles. The molecule has 0 aromatic heterocycles. The molecule has 0 atom stereocenters. The zero-order valence-electron chi connectivity index (χ0n) is 11.9. The summed E-state index contributed by atoms with van der Waals surface area (Å²) < 4.78 is 0. The van der Waals surface area contributed by atoms with Gasteiger partial charge in [-0.15, -0.1) is 0 Å². The van der Waals surface area contributed by atoms with E-state index in [4.69, 9.17) is 11.6 Å². The maximum Gasteiger partial charge on any atom is 0.0642 e. The highest BCUT2D eigenvalue weighted by Crippen LogP contribution is 2.31. The van der Waals surface area contributed by atoms with Gasteiger partial charge in [-0.3, -0.25) is 0 Å². The summed E-state index contributed by atoms with van der Waals surface area (Å²) in [6.45, 7) is 6.32. The second kappa shape index (κ2) is 7.76. The van der Waals surface area contributed by atoms with Crippen LogP contribution in [0.15, 0.2) is 18.2 Å². The Hall–Kier alpha value is -0.730. The predicted octanol–water partition coefficient (Wildman–Crippen LogP) is 4.22. The molecule has 1 heterocycles. The number of halogens is 1. The Morgan fingerprint density at radius 2 is 1.79 bits per heavy atom. The molecule has 106 valence electrons. The van der Waals surface area contributed by atoms with Crippen LogP contribution in [0.1, 0.15) is 44.6 Å². The molecule has 1 aliphatic rings. The molecule has 3 heteroatoms. The topological polar surface area (TPSA) is 15.3 Å². The van der Waals surface area contributed by atoms with Crippen molar-refractivity contribution in [2.45, 2.75) is 45.6 Å². The van der Waals surface area contributed by atoms with Crippen LogP contribution in [0, 0.1) is 0 Å². The van der Waals surface area contributed by atoms with Gasteiger partial charge in [-0.05, 0) is 31.0 Å². The third-order valence-corrected chi connectivity index (χ3v) is 4.11. The monoisotopic (exact) mass is 280 g/mol. The van der Waals surface area contributed by atoms with Crippen LogP contribution in [0.5, 0.6) is 0 Å². The van der Waals surface area contributed by atoms with E-state index in [1.807, 2.05) is 6.07 Å². The number of hydrogen-bond donors (Lipinski definition) is 1. The fourth-order valence-electron chi connectivity index (χ4n) is 2.79. The van der Waals surface area contributed by atoms with Gasteiger partial charge in [0.05, 0.1) is 10.7 Å². The lowest BCUT2D eigenvalue weighted by Gasteiger charge is -2.30. The zero-order valence-corrected chi connectivity index (χ0v) is 12.7. The van der Waals surface area contributed by atoms with E-state index >= 15 is 0 Å². The van der Waals surface area contributed by atoms with E-state index in [1.54, 1.807) is 0 Å². The van der Waals surface area contributed by atoms with Crippen LogP contribution in [0.4, 0.5) is 5.69 Å². The average Bonchev–Trinajstić information content (AvgIpc) is 2.37. The molecule has 0 amide bonds. The van der Waals surface area contributed by atoms with Crippen molar-refractivity contribution in [3.05, 3.63) is 28.8 Å². The Kier molecular flexibility index (Phi) is 5.99. The van der Waals surface area contributed by atoms with E-state index in [2.05, 4.69) is 29.3 Å². The average molecular weight is 281 g/mol. The van der Waals surface area contributed by atoms with Crippen molar-refractivity contribution in [3.63, 3.8) is 0 Å². The molecular weight excluding hydrogens is 256 g/mol. The second-order valence-corrected chi connectivity index (χ2v) is 5.69. The van der Waals surface area contributed by atoms with E-state index in [9.17, 15) is 0 Å². The summed E-state index contributed by atoms with van der Waals surface area (Å²) in [7, 11) is 0. The number of benzene rings is 1. The summed E-state index contributed by atoms with van der Waals surface area (Å²) in [4.78, 5) is 2.49. The summed E-state index contributed by atoms with van der Waals surface area (Å²) in [6.07, 6.45) is 6.66. The predicted molar refractivity (Wildman–Crippen MR) is 84.1 cm³/mol. The molecule has 1 saturated heterocycles. The summed E-state index contributed by atoms with van der Waals surface area (Å²) in [5, 5.41) is 4.31. The van der Waals surface area contributed by atoms with E-state index in [1.165, 1.54) is 43.4 Å². The number of hydrogen-bond acceptors (Lipinski definition) is 2. The van der Waals surface area contributed by atoms with E-state index < -0.39 is 0 Å². The van der Waals surface area contributed by atoms with Crippen LogP contribution in [0.2, 0.25) is 5.02 Å². The minimum Gasteiger partial charge on any atom is -0.370 e. The number of rotatable bonds is 4. The molecule has 0 bridgehead atoms. The van der Waals surface area contributed by atoms with Crippen molar-refractivity contribution in [1.29, 1.82) is 0 Å². The SMILES string of the molecule is CCNCc1cccc(Cl)c1N1CCCCCCC1. The Labute approximate surface area is 122 Å². The largest absolute Gasteiger partial charge is 0.370 e. The third kappa shape index (κ3) is 4.12. The Morgan fingerprint density at radius 1 is 1.11 bits per heavy atom. The molecule has 19 heavy (non-hydrogen) atoms. The smallest absolute Gasteiger partial charge is 0.0642 e. The van der Waals surface area contributed by atoms with Gasteiger partial charge in [0.2, 0.25) is 0 Å². The molecule has 2 rings (SSSR count). The van der Waals surface area contributed by atoms with E-state index in [0.717, 1.165) is 31.2 Å². The first-order valence-electron chi connectivity index (χ1n) is 7.56. The summed E-state index contributed by atoms with van der Waals surface area (Å²) in [6, 6.07) is 6.27. The highest BCUT2D eigenvalue weighted by atomic mass is 35.5. The van der Waals surface area contributed by atoms with Crippen molar-refractivity contribution < 1.29 is 0 Å². The zero-order chi connectivity index (χ0) is 13.5. The molecule has 1 aromatic rings. The lowest BCUT2D eigenvalue weighted by Crippen LogP contribution is -2.29. The highest BCUT2D eigenvalue weighted by molar-refractivity contribution is 6.33. The first-order valence-corrected chi connectivity index (χ1v) is 7.93. The van der Waals surface area contributed by atoms with Crippen LogP contribution in [0.3, 0.4) is 0 Å². The van der Waals surface area contributed by atoms with Gasteiger partial charge in [0.1, 0.15) is 0 Å². The number of anilines is 1. The van der Waals surface area contributed by atoms with Gasteiger partial charge in [0.25, 0.3) is 0 Å². The lowest BCUT2D eigenvalue weighted by atomic mass is 10.1. The Balaban J connectivity index is 2.19. The molecule has 1 N–H and O–H groups in total. The maximum atomic E-state index is 6.47. The maximum absolute atomic E-state index is 6.47.